The van der Waals surface area contributed by atoms with Gasteiger partial charge >= 0.3 is 6.30 Å². The Morgan fingerprint density at radius 1 is 1.64 bits per heavy atom. The number of hydrogen-bond acceptors (Lipinski definition) is 3. The van der Waals surface area contributed by atoms with E-state index >= 15 is 0 Å². The van der Waals surface area contributed by atoms with Crippen molar-refractivity contribution in [3.8, 4) is 0 Å². The molecule has 0 fully saturated rings. The Balaban J connectivity index is 3.77. The quantitative estimate of drug-likeness (QED) is 0.389. The maximum Gasteiger partial charge on any atom is 0.460 e. The maximum atomic E-state index is 11.5. The van der Waals surface area contributed by atoms with Gasteiger partial charge in [0.2, 0.25) is 0 Å². The zero-order valence-corrected chi connectivity index (χ0v) is 5.81. The summed E-state index contributed by atoms with van der Waals surface area (Å²) in [6, 6.07) is 0. The first-order chi connectivity index (χ1) is 4.99. The number of carbonyl (C=O) groups is 1. The molecule has 0 aromatic carbocycles. The van der Waals surface area contributed by atoms with Gasteiger partial charge in [-0.2, -0.15) is 18.5 Å². The minimum Gasteiger partial charge on any atom is -0.449 e. The van der Waals surface area contributed by atoms with Gasteiger partial charge < -0.3 is 4.74 Å². The fourth-order valence-corrected chi connectivity index (χ4v) is 0.482. The predicted octanol–water partition coefficient (Wildman–Crippen LogP) is 1.00. The lowest BCUT2D eigenvalue weighted by Gasteiger charge is -2.16. The summed E-state index contributed by atoms with van der Waals surface area (Å²) in [6.45, 7) is 1.44. The van der Waals surface area contributed by atoms with Crippen molar-refractivity contribution in [2.24, 2.45) is 0 Å². The molecule has 0 aliphatic heterocycles. The lowest BCUT2D eigenvalue weighted by molar-refractivity contribution is -0.189. The summed E-state index contributed by atoms with van der Waals surface area (Å²) in [6.07, 6.45) is -5.73. The van der Waals surface area contributed by atoms with Crippen LogP contribution in [0.2, 0.25) is 0 Å². The van der Waals surface area contributed by atoms with Crippen LogP contribution in [0.15, 0.2) is 0 Å². The highest BCUT2D eigenvalue weighted by Gasteiger charge is 2.30. The zero-order valence-electron chi connectivity index (χ0n) is 5.81. The molecule has 11 heavy (non-hydrogen) atoms. The maximum absolute atomic E-state index is 11.5. The summed E-state index contributed by atoms with van der Waals surface area (Å²) < 4.78 is 38.6. The van der Waals surface area contributed by atoms with Crippen LogP contribution in [0, 0.1) is 0 Å². The topological polar surface area (TPSA) is 38.3 Å². The minimum absolute atomic E-state index is 0.0209. The Hall–Kier alpha value is -0.780. The monoisotopic (exact) mass is 171 g/mol. The first kappa shape index (κ1) is 10.2. The lowest BCUT2D eigenvalue weighted by atomic mass is 10.4. The Labute approximate surface area is 61.5 Å². The molecule has 1 atom stereocenters. The largest absolute Gasteiger partial charge is 0.460 e. The Morgan fingerprint density at radius 2 is 2.18 bits per heavy atom. The van der Waals surface area contributed by atoms with E-state index in [1.54, 1.807) is 0 Å². The van der Waals surface area contributed by atoms with Gasteiger partial charge in [0.1, 0.15) is 0 Å². The summed E-state index contributed by atoms with van der Waals surface area (Å²) in [4.78, 5) is 9.63. The van der Waals surface area contributed by atoms with Crippen molar-refractivity contribution in [1.29, 1.82) is 0 Å². The number of halogens is 3. The van der Waals surface area contributed by atoms with Gasteiger partial charge in [0.25, 0.3) is 6.47 Å². The van der Waals surface area contributed by atoms with Crippen LogP contribution in [0.4, 0.5) is 13.2 Å². The van der Waals surface area contributed by atoms with Crippen LogP contribution in [0.5, 0.6) is 0 Å². The first-order valence-corrected chi connectivity index (χ1v) is 2.93. The average Bonchev–Trinajstić information content (AvgIpc) is 1.84. The predicted molar refractivity (Wildman–Crippen MR) is 30.4 cm³/mol. The highest BCUT2D eigenvalue weighted by molar-refractivity contribution is 5.37. The van der Waals surface area contributed by atoms with Crippen LogP contribution in [0.3, 0.4) is 0 Å². The number of hydrogen-bond donors (Lipinski definition) is 1. The van der Waals surface area contributed by atoms with E-state index in [1.165, 1.54) is 6.92 Å². The zero-order chi connectivity index (χ0) is 8.91. The molecule has 0 amide bonds. The second-order valence-corrected chi connectivity index (χ2v) is 1.77. The summed E-state index contributed by atoms with van der Waals surface area (Å²) in [7, 11) is 0. The van der Waals surface area contributed by atoms with Gasteiger partial charge in [-0.05, 0) is 6.42 Å². The van der Waals surface area contributed by atoms with E-state index < -0.39 is 12.5 Å². The van der Waals surface area contributed by atoms with Gasteiger partial charge in [0.05, 0.1) is 0 Å². The molecule has 0 rings (SSSR count). The number of rotatable bonds is 4. The smallest absolute Gasteiger partial charge is 0.449 e. The Morgan fingerprint density at radius 3 is 2.45 bits per heavy atom. The molecule has 0 heterocycles. The molecule has 0 saturated heterocycles. The molecule has 1 unspecified atom stereocenters. The Kier molecular flexibility index (Phi) is 3.88. The summed E-state index contributed by atoms with van der Waals surface area (Å²) in [5.41, 5.74) is 0. The average molecular weight is 171 g/mol. The fourth-order valence-electron chi connectivity index (χ4n) is 0.482. The van der Waals surface area contributed by atoms with E-state index in [2.05, 4.69) is 4.74 Å². The van der Waals surface area contributed by atoms with E-state index in [0.717, 1.165) is 5.32 Å². The molecular formula is C5H8F3NO2. The standard InChI is InChI=1S/C5H8F3NO2/c1-2-4(11-3-10)9-5(6,7)8/h3-4,9H,2H2,1H3. The van der Waals surface area contributed by atoms with Gasteiger partial charge in [0.15, 0.2) is 6.23 Å². The third-order valence-electron chi connectivity index (χ3n) is 0.915. The molecule has 0 aromatic rings. The van der Waals surface area contributed by atoms with Gasteiger partial charge in [-0.15, -0.1) is 0 Å². The van der Waals surface area contributed by atoms with Crippen molar-refractivity contribution in [1.82, 2.24) is 5.32 Å². The molecule has 0 saturated carbocycles. The van der Waals surface area contributed by atoms with Crippen LogP contribution in [-0.4, -0.2) is 19.0 Å². The van der Waals surface area contributed by atoms with Crippen molar-refractivity contribution >= 4 is 6.47 Å². The van der Waals surface area contributed by atoms with Crippen molar-refractivity contribution in [3.05, 3.63) is 0 Å². The minimum atomic E-state index is -4.51. The molecule has 0 spiro atoms. The Bertz CT molecular complexity index is 125. The van der Waals surface area contributed by atoms with Crippen LogP contribution in [0.25, 0.3) is 0 Å². The molecule has 0 aromatic heterocycles. The van der Waals surface area contributed by atoms with Crippen molar-refractivity contribution in [2.75, 3.05) is 0 Å². The summed E-state index contributed by atoms with van der Waals surface area (Å²) in [5, 5.41) is 1.15. The summed E-state index contributed by atoms with van der Waals surface area (Å²) in [5.74, 6) is 0. The van der Waals surface area contributed by atoms with Crippen molar-refractivity contribution < 1.29 is 22.7 Å². The molecule has 0 aliphatic rings. The SMILES string of the molecule is CCC(NC(F)(F)F)OC=O. The second-order valence-electron chi connectivity index (χ2n) is 1.77. The number of carbonyl (C=O) groups excluding carboxylic acids is 1. The van der Waals surface area contributed by atoms with E-state index in [-0.39, 0.29) is 12.9 Å². The summed E-state index contributed by atoms with van der Waals surface area (Å²) >= 11 is 0. The highest BCUT2D eigenvalue weighted by Crippen LogP contribution is 2.11. The highest BCUT2D eigenvalue weighted by atomic mass is 19.4. The third kappa shape index (κ3) is 5.65. The van der Waals surface area contributed by atoms with Crippen LogP contribution in [-0.2, 0) is 9.53 Å². The number of nitrogens with one attached hydrogen (secondary N) is 1. The molecule has 66 valence electrons. The van der Waals surface area contributed by atoms with Crippen molar-refractivity contribution in [2.45, 2.75) is 25.9 Å². The first-order valence-electron chi connectivity index (χ1n) is 2.93. The van der Waals surface area contributed by atoms with E-state index in [0.29, 0.717) is 0 Å². The van der Waals surface area contributed by atoms with E-state index in [4.69, 9.17) is 0 Å². The van der Waals surface area contributed by atoms with Crippen LogP contribution < -0.4 is 5.32 Å². The molecule has 3 nitrogen and oxygen atoms in total. The van der Waals surface area contributed by atoms with Crippen LogP contribution >= 0.6 is 0 Å². The molecular weight excluding hydrogens is 163 g/mol. The van der Waals surface area contributed by atoms with Crippen molar-refractivity contribution in [3.63, 3.8) is 0 Å². The van der Waals surface area contributed by atoms with Gasteiger partial charge in [-0.1, -0.05) is 6.92 Å². The van der Waals surface area contributed by atoms with Crippen LogP contribution in [0.1, 0.15) is 13.3 Å². The third-order valence-corrected chi connectivity index (χ3v) is 0.915. The molecule has 1 N–H and O–H groups in total. The normalized spacial score (nSPS) is 14.2. The molecule has 6 heteroatoms. The number of alkyl halides is 3. The lowest BCUT2D eigenvalue weighted by Crippen LogP contribution is -2.41. The molecule has 0 bridgehead atoms. The van der Waals surface area contributed by atoms with Gasteiger partial charge in [-0.3, -0.25) is 4.79 Å². The van der Waals surface area contributed by atoms with E-state index in [1.807, 2.05) is 0 Å². The van der Waals surface area contributed by atoms with Gasteiger partial charge in [-0.25, -0.2) is 0 Å². The number of ether oxygens (including phenoxy) is 1. The van der Waals surface area contributed by atoms with Gasteiger partial charge in [0, 0.05) is 0 Å². The second kappa shape index (κ2) is 4.17. The van der Waals surface area contributed by atoms with E-state index in [9.17, 15) is 18.0 Å². The molecule has 0 aliphatic carbocycles. The molecule has 0 radical (unpaired) electrons. The fraction of sp³-hybridized carbons (Fsp3) is 0.800.